The number of piperidine rings is 1. The standard InChI is InChI=1S/C22H30N4O2/c1-15-20(16(2)25-22(23)24-15)13-21(27)26-12-4-5-18(14-26)7-6-17-8-10-19(28-3)11-9-17/h8-11,18H,4-7,12-14H2,1-3H3,(H2,23,24,25). The molecule has 2 aromatic rings. The molecule has 0 saturated carbocycles. The van der Waals surface area contributed by atoms with Crippen molar-refractivity contribution in [2.75, 3.05) is 25.9 Å². The first kappa shape index (κ1) is 20.1. The lowest BCUT2D eigenvalue weighted by Gasteiger charge is -2.33. The van der Waals surface area contributed by atoms with E-state index in [2.05, 4.69) is 22.1 Å². The highest BCUT2D eigenvalue weighted by Crippen LogP contribution is 2.23. The number of likely N-dealkylation sites (tertiary alicyclic amines) is 1. The Hall–Kier alpha value is -2.63. The lowest BCUT2D eigenvalue weighted by Crippen LogP contribution is -2.41. The molecule has 6 nitrogen and oxygen atoms in total. The Morgan fingerprint density at radius 3 is 2.54 bits per heavy atom. The molecule has 1 aromatic carbocycles. The Balaban J connectivity index is 1.56. The van der Waals surface area contributed by atoms with Gasteiger partial charge in [-0.2, -0.15) is 0 Å². The Kier molecular flexibility index (Phi) is 6.49. The van der Waals surface area contributed by atoms with E-state index in [0.29, 0.717) is 12.3 Å². The van der Waals surface area contributed by atoms with Crippen molar-refractivity contribution in [3.05, 3.63) is 46.8 Å². The van der Waals surface area contributed by atoms with Gasteiger partial charge in [-0.3, -0.25) is 4.79 Å². The maximum atomic E-state index is 12.9. The summed E-state index contributed by atoms with van der Waals surface area (Å²) >= 11 is 0. The van der Waals surface area contributed by atoms with Crippen LogP contribution in [-0.2, 0) is 17.6 Å². The summed E-state index contributed by atoms with van der Waals surface area (Å²) in [6.45, 7) is 5.46. The van der Waals surface area contributed by atoms with Gasteiger partial charge in [0.2, 0.25) is 11.9 Å². The molecule has 28 heavy (non-hydrogen) atoms. The predicted octanol–water partition coefficient (Wildman–Crippen LogP) is 3.10. The number of carbonyl (C=O) groups is 1. The van der Waals surface area contributed by atoms with E-state index in [1.54, 1.807) is 7.11 Å². The molecular weight excluding hydrogens is 352 g/mol. The van der Waals surface area contributed by atoms with E-state index in [1.807, 2.05) is 30.9 Å². The quantitative estimate of drug-likeness (QED) is 0.830. The van der Waals surface area contributed by atoms with E-state index in [1.165, 1.54) is 12.0 Å². The van der Waals surface area contributed by atoms with Crippen molar-refractivity contribution >= 4 is 11.9 Å². The van der Waals surface area contributed by atoms with E-state index in [4.69, 9.17) is 10.5 Å². The number of aromatic nitrogens is 2. The third-order valence-corrected chi connectivity index (χ3v) is 5.64. The Labute approximate surface area is 167 Å². The lowest BCUT2D eigenvalue weighted by atomic mass is 9.91. The molecule has 6 heteroatoms. The summed E-state index contributed by atoms with van der Waals surface area (Å²) in [5, 5.41) is 0. The maximum Gasteiger partial charge on any atom is 0.227 e. The Morgan fingerprint density at radius 2 is 1.89 bits per heavy atom. The molecule has 3 rings (SSSR count). The monoisotopic (exact) mass is 382 g/mol. The average molecular weight is 383 g/mol. The molecule has 1 aliphatic rings. The number of nitrogen functional groups attached to an aromatic ring is 1. The molecule has 150 valence electrons. The summed E-state index contributed by atoms with van der Waals surface area (Å²) < 4.78 is 5.22. The van der Waals surface area contributed by atoms with Crippen LogP contribution >= 0.6 is 0 Å². The average Bonchev–Trinajstić information content (AvgIpc) is 2.69. The first-order chi connectivity index (χ1) is 13.5. The predicted molar refractivity (Wildman–Crippen MR) is 110 cm³/mol. The molecule has 0 bridgehead atoms. The lowest BCUT2D eigenvalue weighted by molar-refractivity contribution is -0.132. The van der Waals surface area contributed by atoms with Gasteiger partial charge in [0.25, 0.3) is 0 Å². The van der Waals surface area contributed by atoms with Gasteiger partial charge in [-0.15, -0.1) is 0 Å². The number of hydrogen-bond donors (Lipinski definition) is 1. The van der Waals surface area contributed by atoms with Crippen LogP contribution in [-0.4, -0.2) is 41.0 Å². The summed E-state index contributed by atoms with van der Waals surface area (Å²) in [6, 6.07) is 8.26. The molecule has 1 saturated heterocycles. The number of hydrogen-bond acceptors (Lipinski definition) is 5. The van der Waals surface area contributed by atoms with Gasteiger partial charge in [0.05, 0.1) is 13.5 Å². The van der Waals surface area contributed by atoms with Gasteiger partial charge in [-0.25, -0.2) is 9.97 Å². The molecule has 1 atom stereocenters. The van der Waals surface area contributed by atoms with Crippen molar-refractivity contribution in [2.45, 2.75) is 46.0 Å². The zero-order chi connectivity index (χ0) is 20.1. The third-order valence-electron chi connectivity index (χ3n) is 5.64. The first-order valence-corrected chi connectivity index (χ1v) is 9.96. The van der Waals surface area contributed by atoms with Crippen molar-refractivity contribution < 1.29 is 9.53 Å². The second-order valence-corrected chi connectivity index (χ2v) is 7.64. The minimum atomic E-state index is 0.161. The molecule has 0 aliphatic carbocycles. The normalized spacial score (nSPS) is 16.8. The zero-order valence-electron chi connectivity index (χ0n) is 17.1. The largest absolute Gasteiger partial charge is 0.497 e. The number of methoxy groups -OCH3 is 1. The number of rotatable bonds is 6. The first-order valence-electron chi connectivity index (χ1n) is 9.96. The van der Waals surface area contributed by atoms with Crippen LogP contribution in [0.3, 0.4) is 0 Å². The van der Waals surface area contributed by atoms with Crippen LogP contribution in [0.15, 0.2) is 24.3 Å². The number of nitrogens with two attached hydrogens (primary N) is 1. The highest BCUT2D eigenvalue weighted by atomic mass is 16.5. The van der Waals surface area contributed by atoms with Crippen molar-refractivity contribution in [3.8, 4) is 5.75 Å². The van der Waals surface area contributed by atoms with Crippen LogP contribution in [0.2, 0.25) is 0 Å². The zero-order valence-corrected chi connectivity index (χ0v) is 17.1. The number of anilines is 1. The molecule has 0 spiro atoms. The number of benzene rings is 1. The van der Waals surface area contributed by atoms with E-state index in [-0.39, 0.29) is 11.9 Å². The van der Waals surface area contributed by atoms with Crippen LogP contribution in [0.1, 0.15) is 41.8 Å². The number of amides is 1. The summed E-state index contributed by atoms with van der Waals surface area (Å²) in [5.74, 6) is 1.86. The third kappa shape index (κ3) is 5.00. The second-order valence-electron chi connectivity index (χ2n) is 7.64. The molecule has 0 radical (unpaired) electrons. The van der Waals surface area contributed by atoms with Crippen molar-refractivity contribution in [3.63, 3.8) is 0 Å². The second kappa shape index (κ2) is 9.04. The van der Waals surface area contributed by atoms with Crippen molar-refractivity contribution in [1.82, 2.24) is 14.9 Å². The fourth-order valence-corrected chi connectivity index (χ4v) is 3.97. The summed E-state index contributed by atoms with van der Waals surface area (Å²) in [4.78, 5) is 23.3. The summed E-state index contributed by atoms with van der Waals surface area (Å²) in [7, 11) is 1.68. The molecule has 2 N–H and O–H groups in total. The van der Waals surface area contributed by atoms with E-state index in [9.17, 15) is 4.79 Å². The smallest absolute Gasteiger partial charge is 0.227 e. The Morgan fingerprint density at radius 1 is 1.21 bits per heavy atom. The highest BCUT2D eigenvalue weighted by Gasteiger charge is 2.24. The van der Waals surface area contributed by atoms with Gasteiger partial charge in [-0.05, 0) is 63.1 Å². The molecule has 1 aliphatic heterocycles. The molecule has 1 fully saturated rings. The fourth-order valence-electron chi connectivity index (χ4n) is 3.97. The van der Waals surface area contributed by atoms with Crippen LogP contribution in [0.4, 0.5) is 5.95 Å². The Bertz CT molecular complexity index is 797. The number of ether oxygens (including phenoxy) is 1. The summed E-state index contributed by atoms with van der Waals surface area (Å²) in [6.07, 6.45) is 4.72. The number of carbonyl (C=O) groups excluding carboxylic acids is 1. The molecule has 1 aromatic heterocycles. The molecule has 2 heterocycles. The number of aryl methyl sites for hydroxylation is 3. The summed E-state index contributed by atoms with van der Waals surface area (Å²) in [5.41, 5.74) is 9.51. The SMILES string of the molecule is COc1ccc(CCC2CCCN(C(=O)Cc3c(C)nc(N)nc3C)C2)cc1. The molecule has 1 amide bonds. The van der Waals surface area contributed by atoms with Gasteiger partial charge in [0.15, 0.2) is 0 Å². The van der Waals surface area contributed by atoms with Gasteiger partial charge in [0.1, 0.15) is 5.75 Å². The van der Waals surface area contributed by atoms with E-state index in [0.717, 1.165) is 55.1 Å². The topological polar surface area (TPSA) is 81.3 Å². The van der Waals surface area contributed by atoms with Crippen LogP contribution < -0.4 is 10.5 Å². The van der Waals surface area contributed by atoms with Crippen molar-refractivity contribution in [1.29, 1.82) is 0 Å². The van der Waals surface area contributed by atoms with E-state index < -0.39 is 0 Å². The minimum absolute atomic E-state index is 0.161. The van der Waals surface area contributed by atoms with Crippen LogP contribution in [0.25, 0.3) is 0 Å². The molecular formula is C22H30N4O2. The van der Waals surface area contributed by atoms with Gasteiger partial charge < -0.3 is 15.4 Å². The van der Waals surface area contributed by atoms with Crippen LogP contribution in [0, 0.1) is 19.8 Å². The van der Waals surface area contributed by atoms with Crippen molar-refractivity contribution in [2.24, 2.45) is 5.92 Å². The van der Waals surface area contributed by atoms with Gasteiger partial charge in [-0.1, -0.05) is 12.1 Å². The van der Waals surface area contributed by atoms with Crippen LogP contribution in [0.5, 0.6) is 5.75 Å². The van der Waals surface area contributed by atoms with E-state index >= 15 is 0 Å². The molecule has 1 unspecified atom stereocenters. The minimum Gasteiger partial charge on any atom is -0.497 e. The maximum absolute atomic E-state index is 12.9. The van der Waals surface area contributed by atoms with Gasteiger partial charge >= 0.3 is 0 Å². The van der Waals surface area contributed by atoms with Gasteiger partial charge in [0, 0.05) is 30.0 Å². The fraction of sp³-hybridized carbons (Fsp3) is 0.500. The number of nitrogens with zero attached hydrogens (tertiary/aromatic N) is 3. The highest BCUT2D eigenvalue weighted by molar-refractivity contribution is 5.79.